The summed E-state index contributed by atoms with van der Waals surface area (Å²) in [7, 11) is 1.30. The number of aliphatic imine (C=N–C) groups is 1. The molecule has 1 aliphatic heterocycles. The molecule has 1 aliphatic rings. The van der Waals surface area contributed by atoms with Gasteiger partial charge in [-0.3, -0.25) is 4.79 Å². The second kappa shape index (κ2) is 11.4. The van der Waals surface area contributed by atoms with Crippen molar-refractivity contribution in [2.75, 3.05) is 20.3 Å². The minimum absolute atomic E-state index is 0.0342. The Morgan fingerprint density at radius 3 is 2.37 bits per heavy atom. The van der Waals surface area contributed by atoms with Crippen molar-refractivity contribution in [3.05, 3.63) is 65.7 Å². The number of methoxy groups -OCH3 is 1. The normalized spacial score (nSPS) is 19.5. The average molecular weight is 484 g/mol. The van der Waals surface area contributed by atoms with E-state index in [-0.39, 0.29) is 25.3 Å². The zero-order valence-corrected chi connectivity index (χ0v) is 20.7. The zero-order chi connectivity index (χ0) is 25.5. The number of nitrogens with zero attached hydrogens (tertiary/aromatic N) is 1. The summed E-state index contributed by atoms with van der Waals surface area (Å²) in [5.74, 6) is -0.102. The van der Waals surface area contributed by atoms with E-state index in [1.54, 1.807) is 45.0 Å². The van der Waals surface area contributed by atoms with E-state index in [0.717, 1.165) is 5.56 Å². The Balaban J connectivity index is 1.94. The molecule has 1 N–H and O–H groups in total. The zero-order valence-electron chi connectivity index (χ0n) is 20.7. The molecule has 0 aromatic heterocycles. The largest absolute Gasteiger partial charge is 0.494 e. The van der Waals surface area contributed by atoms with E-state index in [0.29, 0.717) is 24.3 Å². The van der Waals surface area contributed by atoms with Crippen molar-refractivity contribution in [1.82, 2.24) is 0 Å². The summed E-state index contributed by atoms with van der Waals surface area (Å²) in [6, 6.07) is 16.4. The van der Waals surface area contributed by atoms with Crippen molar-refractivity contribution in [2.45, 2.75) is 57.3 Å². The third-order valence-corrected chi connectivity index (χ3v) is 5.41. The topological polar surface area (TPSA) is 104 Å². The second-order valence-electron chi connectivity index (χ2n) is 9.28. The van der Waals surface area contributed by atoms with Gasteiger partial charge in [0.15, 0.2) is 6.10 Å². The molecule has 2 atom stereocenters. The van der Waals surface area contributed by atoms with Crippen molar-refractivity contribution in [3.63, 3.8) is 0 Å². The van der Waals surface area contributed by atoms with E-state index in [1.165, 1.54) is 7.11 Å². The fourth-order valence-electron chi connectivity index (χ4n) is 3.83. The van der Waals surface area contributed by atoms with Gasteiger partial charge in [-0.15, -0.1) is 0 Å². The number of esters is 2. The molecule has 8 heteroatoms. The second-order valence-corrected chi connectivity index (χ2v) is 9.28. The van der Waals surface area contributed by atoms with E-state index < -0.39 is 29.2 Å². The average Bonchev–Trinajstić information content (AvgIpc) is 3.23. The summed E-state index contributed by atoms with van der Waals surface area (Å²) in [5.41, 5.74) is -0.706. The van der Waals surface area contributed by atoms with Gasteiger partial charge in [0, 0.05) is 25.0 Å². The summed E-state index contributed by atoms with van der Waals surface area (Å²) >= 11 is 0. The number of carbonyl (C=O) groups is 2. The van der Waals surface area contributed by atoms with E-state index in [2.05, 4.69) is 0 Å². The fourth-order valence-corrected chi connectivity index (χ4v) is 3.83. The van der Waals surface area contributed by atoms with Crippen LogP contribution in [-0.4, -0.2) is 54.4 Å². The Hall–Kier alpha value is -3.39. The van der Waals surface area contributed by atoms with Crippen molar-refractivity contribution in [1.29, 1.82) is 0 Å². The highest BCUT2D eigenvalue weighted by Crippen LogP contribution is 2.43. The molecule has 0 bridgehead atoms. The van der Waals surface area contributed by atoms with Crippen molar-refractivity contribution < 1.29 is 33.6 Å². The van der Waals surface area contributed by atoms with Gasteiger partial charge in [0.05, 0.1) is 13.7 Å². The first-order valence-corrected chi connectivity index (χ1v) is 11.6. The number of benzene rings is 2. The molecular weight excluding hydrogens is 450 g/mol. The minimum Gasteiger partial charge on any atom is -0.494 e. The van der Waals surface area contributed by atoms with Gasteiger partial charge in [-0.25, -0.2) is 9.79 Å². The standard InChI is InChI=1S/C27H33NO7/c1-26(2,3)35-22(30)15-16-27(25(31)32-4)23(19-9-6-5-7-10-19)34-24(28-27)20-11-13-21(14-12-20)33-18-8-17-29/h5-7,9-14,23,29H,8,15-18H2,1-4H3/t23-,27-/m0/s1. The van der Waals surface area contributed by atoms with Crippen molar-refractivity contribution >= 4 is 17.8 Å². The maximum atomic E-state index is 13.2. The van der Waals surface area contributed by atoms with Crippen molar-refractivity contribution in [3.8, 4) is 5.75 Å². The third kappa shape index (κ3) is 6.60. The van der Waals surface area contributed by atoms with Crippen LogP contribution >= 0.6 is 0 Å². The molecular formula is C27H33NO7. The molecule has 0 saturated carbocycles. The van der Waals surface area contributed by atoms with Crippen LogP contribution in [0.2, 0.25) is 0 Å². The highest BCUT2D eigenvalue weighted by Gasteiger charge is 2.54. The highest BCUT2D eigenvalue weighted by atomic mass is 16.6. The first kappa shape index (κ1) is 26.2. The lowest BCUT2D eigenvalue weighted by atomic mass is 9.84. The van der Waals surface area contributed by atoms with Crippen LogP contribution in [0, 0.1) is 0 Å². The van der Waals surface area contributed by atoms with Crippen LogP contribution in [0.3, 0.4) is 0 Å². The quantitative estimate of drug-likeness (QED) is 0.402. The molecule has 2 aromatic carbocycles. The molecule has 0 unspecified atom stereocenters. The van der Waals surface area contributed by atoms with Gasteiger partial charge in [0.1, 0.15) is 11.4 Å². The SMILES string of the molecule is COC(=O)[C@@]1(CCC(=O)OC(C)(C)C)N=C(c2ccc(OCCCO)cc2)O[C@H]1c1ccccc1. The van der Waals surface area contributed by atoms with E-state index in [4.69, 9.17) is 29.0 Å². The lowest BCUT2D eigenvalue weighted by molar-refractivity contribution is -0.157. The number of aliphatic hydroxyl groups excluding tert-OH is 1. The van der Waals surface area contributed by atoms with Crippen LogP contribution in [0.25, 0.3) is 0 Å². The predicted octanol–water partition coefficient (Wildman–Crippen LogP) is 4.00. The van der Waals surface area contributed by atoms with Gasteiger partial charge in [-0.1, -0.05) is 30.3 Å². The summed E-state index contributed by atoms with van der Waals surface area (Å²) in [4.78, 5) is 30.4. The molecule has 0 fully saturated rings. The van der Waals surface area contributed by atoms with Crippen molar-refractivity contribution in [2.24, 2.45) is 4.99 Å². The molecule has 1 heterocycles. The Labute approximate surface area is 205 Å². The van der Waals surface area contributed by atoms with E-state index >= 15 is 0 Å². The molecule has 0 amide bonds. The summed E-state index contributed by atoms with van der Waals surface area (Å²) < 4.78 is 22.5. The van der Waals surface area contributed by atoms with Gasteiger partial charge in [0.25, 0.3) is 0 Å². The number of rotatable bonds is 10. The monoisotopic (exact) mass is 483 g/mol. The first-order valence-electron chi connectivity index (χ1n) is 11.6. The smallest absolute Gasteiger partial charge is 0.338 e. The number of carbonyl (C=O) groups excluding carboxylic acids is 2. The van der Waals surface area contributed by atoms with Gasteiger partial charge in [0.2, 0.25) is 11.4 Å². The molecule has 0 radical (unpaired) electrons. The number of ether oxygens (including phenoxy) is 4. The van der Waals surface area contributed by atoms with Gasteiger partial charge >= 0.3 is 11.9 Å². The Kier molecular flexibility index (Phi) is 8.51. The summed E-state index contributed by atoms with van der Waals surface area (Å²) in [6.45, 7) is 5.83. The molecule has 0 saturated heterocycles. The fraction of sp³-hybridized carbons (Fsp3) is 0.444. The summed E-state index contributed by atoms with van der Waals surface area (Å²) in [5, 5.41) is 8.92. The molecule has 3 rings (SSSR count). The third-order valence-electron chi connectivity index (χ3n) is 5.41. The number of hydrogen-bond acceptors (Lipinski definition) is 8. The van der Waals surface area contributed by atoms with Gasteiger partial charge in [-0.2, -0.15) is 0 Å². The molecule has 8 nitrogen and oxygen atoms in total. The maximum absolute atomic E-state index is 13.2. The Morgan fingerprint density at radius 1 is 1.09 bits per heavy atom. The predicted molar refractivity (Wildman–Crippen MR) is 130 cm³/mol. The number of hydrogen-bond donors (Lipinski definition) is 1. The molecule has 35 heavy (non-hydrogen) atoms. The lowest BCUT2D eigenvalue weighted by Crippen LogP contribution is -2.42. The molecule has 2 aromatic rings. The first-order chi connectivity index (χ1) is 16.7. The molecule has 188 valence electrons. The minimum atomic E-state index is -1.46. The van der Waals surface area contributed by atoms with E-state index in [1.807, 2.05) is 30.3 Å². The van der Waals surface area contributed by atoms with Crippen LogP contribution in [0.5, 0.6) is 5.75 Å². The van der Waals surface area contributed by atoms with Crippen LogP contribution in [0.4, 0.5) is 0 Å². The Bertz CT molecular complexity index is 1030. The molecule has 0 aliphatic carbocycles. The van der Waals surface area contributed by atoms with Gasteiger partial charge < -0.3 is 24.1 Å². The summed E-state index contributed by atoms with van der Waals surface area (Å²) in [6.07, 6.45) is -0.225. The van der Waals surface area contributed by atoms with Crippen LogP contribution in [0.1, 0.15) is 57.3 Å². The molecule has 0 spiro atoms. The Morgan fingerprint density at radius 2 is 1.77 bits per heavy atom. The van der Waals surface area contributed by atoms with Gasteiger partial charge in [-0.05, 0) is 57.0 Å². The maximum Gasteiger partial charge on any atom is 0.338 e. The highest BCUT2D eigenvalue weighted by molar-refractivity contribution is 6.00. The van der Waals surface area contributed by atoms with E-state index in [9.17, 15) is 9.59 Å². The lowest BCUT2D eigenvalue weighted by Gasteiger charge is -2.29. The number of aliphatic hydroxyl groups is 1. The van der Waals surface area contributed by atoms with Crippen LogP contribution in [0.15, 0.2) is 59.6 Å². The van der Waals surface area contributed by atoms with Crippen LogP contribution < -0.4 is 4.74 Å². The van der Waals surface area contributed by atoms with Crippen LogP contribution in [-0.2, 0) is 23.8 Å².